The summed E-state index contributed by atoms with van der Waals surface area (Å²) in [6, 6.07) is 9.70. The Morgan fingerprint density at radius 1 is 1.25 bits per heavy atom. The highest BCUT2D eigenvalue weighted by Crippen LogP contribution is 2.12. The fourth-order valence-electron chi connectivity index (χ4n) is 1.94. The number of rotatable bonds is 6. The summed E-state index contributed by atoms with van der Waals surface area (Å²) in [6.45, 7) is 5.50. The van der Waals surface area contributed by atoms with Crippen molar-refractivity contribution in [3.05, 3.63) is 59.0 Å². The summed E-state index contributed by atoms with van der Waals surface area (Å²) in [5, 5.41) is 2.87. The lowest BCUT2D eigenvalue weighted by atomic mass is 10.1. The lowest BCUT2D eigenvalue weighted by Gasteiger charge is -2.10. The van der Waals surface area contributed by atoms with Gasteiger partial charge in [0.05, 0.1) is 12.9 Å². The molecule has 0 aliphatic rings. The molecule has 0 radical (unpaired) electrons. The minimum absolute atomic E-state index is 0.196. The van der Waals surface area contributed by atoms with Gasteiger partial charge in [-0.15, -0.1) is 0 Å². The molecule has 0 unspecified atom stereocenters. The first kappa shape index (κ1) is 14.3. The Kier molecular flexibility index (Phi) is 4.96. The van der Waals surface area contributed by atoms with Gasteiger partial charge in [-0.2, -0.15) is 0 Å². The van der Waals surface area contributed by atoms with Crippen molar-refractivity contribution in [2.45, 2.75) is 27.0 Å². The van der Waals surface area contributed by atoms with Crippen molar-refractivity contribution in [2.75, 3.05) is 6.61 Å². The summed E-state index contributed by atoms with van der Waals surface area (Å²) in [6.07, 6.45) is 1.52. The molecule has 1 aromatic heterocycles. The molecule has 1 amide bonds. The summed E-state index contributed by atoms with van der Waals surface area (Å²) >= 11 is 0. The van der Waals surface area contributed by atoms with Gasteiger partial charge in [-0.25, -0.2) is 0 Å². The van der Waals surface area contributed by atoms with Crippen LogP contribution in [-0.4, -0.2) is 12.5 Å². The van der Waals surface area contributed by atoms with E-state index in [1.807, 2.05) is 38.1 Å². The number of hydrogen-bond donors (Lipinski definition) is 1. The smallest absolute Gasteiger partial charge is 0.287 e. The molecule has 20 heavy (non-hydrogen) atoms. The second-order valence-electron chi connectivity index (χ2n) is 4.52. The van der Waals surface area contributed by atoms with Crippen LogP contribution in [0.3, 0.4) is 0 Å². The van der Waals surface area contributed by atoms with Crippen LogP contribution in [0.1, 0.15) is 34.2 Å². The number of furan rings is 1. The van der Waals surface area contributed by atoms with Gasteiger partial charge in [0.15, 0.2) is 5.76 Å². The minimum atomic E-state index is -0.196. The van der Waals surface area contributed by atoms with Crippen molar-refractivity contribution >= 4 is 5.91 Å². The highest BCUT2D eigenvalue weighted by atomic mass is 16.5. The van der Waals surface area contributed by atoms with Gasteiger partial charge in [0.25, 0.3) is 5.91 Å². The first-order valence-electron chi connectivity index (χ1n) is 6.69. The monoisotopic (exact) mass is 273 g/mol. The van der Waals surface area contributed by atoms with Crippen molar-refractivity contribution in [3.63, 3.8) is 0 Å². The largest absolute Gasteiger partial charge is 0.459 e. The number of nitrogens with one attached hydrogen (secondary N) is 1. The van der Waals surface area contributed by atoms with Crippen LogP contribution in [-0.2, 0) is 17.9 Å². The fraction of sp³-hybridized carbons (Fsp3) is 0.312. The predicted molar refractivity (Wildman–Crippen MR) is 76.4 cm³/mol. The fourth-order valence-corrected chi connectivity index (χ4v) is 1.94. The van der Waals surface area contributed by atoms with E-state index >= 15 is 0 Å². The predicted octanol–water partition coefficient (Wildman–Crippen LogP) is 3.05. The molecule has 0 bridgehead atoms. The van der Waals surface area contributed by atoms with Gasteiger partial charge in [-0.3, -0.25) is 4.79 Å². The number of hydrogen-bond acceptors (Lipinski definition) is 3. The lowest BCUT2D eigenvalue weighted by molar-refractivity contribution is 0.0921. The van der Waals surface area contributed by atoms with Crippen LogP contribution in [0, 0.1) is 6.92 Å². The second-order valence-corrected chi connectivity index (χ2v) is 4.52. The Balaban J connectivity index is 2.00. The zero-order valence-electron chi connectivity index (χ0n) is 11.8. The van der Waals surface area contributed by atoms with Crippen molar-refractivity contribution < 1.29 is 13.9 Å². The SMILES string of the molecule is CCOCc1ccccc1CNC(=O)c1occc1C. The molecule has 2 aromatic rings. The second kappa shape index (κ2) is 6.91. The van der Waals surface area contributed by atoms with Gasteiger partial charge in [0.2, 0.25) is 0 Å². The summed E-state index contributed by atoms with van der Waals surface area (Å²) in [5.41, 5.74) is 2.98. The Morgan fingerprint density at radius 2 is 2.00 bits per heavy atom. The minimum Gasteiger partial charge on any atom is -0.459 e. The maximum atomic E-state index is 12.0. The van der Waals surface area contributed by atoms with E-state index in [-0.39, 0.29) is 5.91 Å². The summed E-state index contributed by atoms with van der Waals surface area (Å²) in [5.74, 6) is 0.172. The Hall–Kier alpha value is -2.07. The van der Waals surface area contributed by atoms with E-state index in [9.17, 15) is 4.79 Å². The van der Waals surface area contributed by atoms with Crippen molar-refractivity contribution in [2.24, 2.45) is 0 Å². The third-order valence-corrected chi connectivity index (χ3v) is 3.09. The van der Waals surface area contributed by atoms with Gasteiger partial charge in [0, 0.05) is 18.7 Å². The summed E-state index contributed by atoms with van der Waals surface area (Å²) in [4.78, 5) is 12.0. The quantitative estimate of drug-likeness (QED) is 0.880. The average Bonchev–Trinajstić information content (AvgIpc) is 2.89. The van der Waals surface area contributed by atoms with Gasteiger partial charge < -0.3 is 14.5 Å². The molecule has 0 aliphatic carbocycles. The molecular weight excluding hydrogens is 254 g/mol. The van der Waals surface area contributed by atoms with Crippen LogP contribution in [0.25, 0.3) is 0 Å². The van der Waals surface area contributed by atoms with Crippen LogP contribution in [0.2, 0.25) is 0 Å². The van der Waals surface area contributed by atoms with E-state index in [0.717, 1.165) is 16.7 Å². The van der Waals surface area contributed by atoms with E-state index in [1.54, 1.807) is 6.07 Å². The van der Waals surface area contributed by atoms with E-state index in [4.69, 9.17) is 9.15 Å². The molecule has 0 spiro atoms. The number of amides is 1. The molecule has 4 nitrogen and oxygen atoms in total. The molecule has 1 aromatic carbocycles. The number of aryl methyl sites for hydroxylation is 1. The number of benzene rings is 1. The van der Waals surface area contributed by atoms with Crippen LogP contribution < -0.4 is 5.32 Å². The zero-order chi connectivity index (χ0) is 14.4. The molecule has 0 atom stereocenters. The van der Waals surface area contributed by atoms with E-state index < -0.39 is 0 Å². The first-order valence-corrected chi connectivity index (χ1v) is 6.69. The molecule has 0 saturated carbocycles. The maximum Gasteiger partial charge on any atom is 0.287 e. The molecule has 106 valence electrons. The van der Waals surface area contributed by atoms with Crippen molar-refractivity contribution in [3.8, 4) is 0 Å². The Bertz CT molecular complexity index is 575. The normalized spacial score (nSPS) is 10.5. The topological polar surface area (TPSA) is 51.5 Å². The lowest BCUT2D eigenvalue weighted by Crippen LogP contribution is -2.23. The number of carbonyl (C=O) groups excluding carboxylic acids is 1. The summed E-state index contributed by atoms with van der Waals surface area (Å²) in [7, 11) is 0. The standard InChI is InChI=1S/C16H19NO3/c1-3-19-11-14-7-5-4-6-13(14)10-17-16(18)15-12(2)8-9-20-15/h4-9H,3,10-11H2,1-2H3,(H,17,18). The molecule has 0 aliphatic heterocycles. The Morgan fingerprint density at radius 3 is 2.65 bits per heavy atom. The highest BCUT2D eigenvalue weighted by Gasteiger charge is 2.12. The van der Waals surface area contributed by atoms with Gasteiger partial charge in [0.1, 0.15) is 0 Å². The zero-order valence-corrected chi connectivity index (χ0v) is 11.8. The van der Waals surface area contributed by atoms with Crippen molar-refractivity contribution in [1.29, 1.82) is 0 Å². The molecule has 0 saturated heterocycles. The van der Waals surface area contributed by atoms with E-state index in [1.165, 1.54) is 6.26 Å². The van der Waals surface area contributed by atoms with Crippen LogP contribution in [0.15, 0.2) is 41.0 Å². The van der Waals surface area contributed by atoms with Crippen molar-refractivity contribution in [1.82, 2.24) is 5.32 Å². The molecule has 2 rings (SSSR count). The highest BCUT2D eigenvalue weighted by molar-refractivity contribution is 5.92. The molecule has 0 fully saturated rings. The first-order chi connectivity index (χ1) is 9.72. The van der Waals surface area contributed by atoms with Gasteiger partial charge in [-0.05, 0) is 31.0 Å². The van der Waals surface area contributed by atoms with Crippen LogP contribution in [0.5, 0.6) is 0 Å². The number of carbonyl (C=O) groups is 1. The van der Waals surface area contributed by atoms with Gasteiger partial charge >= 0.3 is 0 Å². The van der Waals surface area contributed by atoms with E-state index in [2.05, 4.69) is 5.32 Å². The van der Waals surface area contributed by atoms with E-state index in [0.29, 0.717) is 25.5 Å². The van der Waals surface area contributed by atoms with Gasteiger partial charge in [-0.1, -0.05) is 24.3 Å². The average molecular weight is 273 g/mol. The molecule has 1 heterocycles. The third-order valence-electron chi connectivity index (χ3n) is 3.09. The molecule has 4 heteroatoms. The molecular formula is C16H19NO3. The summed E-state index contributed by atoms with van der Waals surface area (Å²) < 4.78 is 10.6. The van der Waals surface area contributed by atoms with Crippen LogP contribution >= 0.6 is 0 Å². The molecule has 1 N–H and O–H groups in total. The van der Waals surface area contributed by atoms with Crippen LogP contribution in [0.4, 0.5) is 0 Å². The maximum absolute atomic E-state index is 12.0. The Labute approximate surface area is 118 Å². The third kappa shape index (κ3) is 3.48. The number of ether oxygens (including phenoxy) is 1.